The van der Waals surface area contributed by atoms with Crippen molar-refractivity contribution in [2.24, 2.45) is 5.92 Å². The Morgan fingerprint density at radius 2 is 1.90 bits per heavy atom. The Labute approximate surface area is 128 Å². The number of nitrogens with one attached hydrogen (secondary N) is 1. The van der Waals surface area contributed by atoms with E-state index in [1.54, 1.807) is 0 Å². The summed E-state index contributed by atoms with van der Waals surface area (Å²) in [6.45, 7) is 7.30. The van der Waals surface area contributed by atoms with E-state index in [1.165, 1.54) is 45.2 Å². The van der Waals surface area contributed by atoms with Crippen LogP contribution in [0, 0.1) is 5.92 Å². The monoisotopic (exact) mass is 291 g/mol. The van der Waals surface area contributed by atoms with Crippen LogP contribution in [0.5, 0.6) is 0 Å². The lowest BCUT2D eigenvalue weighted by atomic mass is 9.88. The molecule has 0 aromatic heterocycles. The molecule has 4 nitrogen and oxygen atoms in total. The molecular formula is C17H29N3O. The first-order valence-electron chi connectivity index (χ1n) is 8.58. The van der Waals surface area contributed by atoms with E-state index in [0.717, 1.165) is 25.1 Å². The summed E-state index contributed by atoms with van der Waals surface area (Å²) in [5.74, 6) is 0.347. The van der Waals surface area contributed by atoms with E-state index in [-0.39, 0.29) is 11.8 Å². The van der Waals surface area contributed by atoms with Crippen LogP contribution in [-0.4, -0.2) is 54.5 Å². The highest BCUT2D eigenvalue weighted by Gasteiger charge is 2.35. The molecule has 4 heteroatoms. The summed E-state index contributed by atoms with van der Waals surface area (Å²) in [4.78, 5) is 17.3. The lowest BCUT2D eigenvalue weighted by Crippen LogP contribution is -2.53. The number of hydrogen-bond acceptors (Lipinski definition) is 3. The van der Waals surface area contributed by atoms with Crippen molar-refractivity contribution in [2.75, 3.05) is 26.7 Å². The number of likely N-dealkylation sites (tertiary alicyclic amines) is 2. The van der Waals surface area contributed by atoms with E-state index in [4.69, 9.17) is 0 Å². The number of rotatable bonds is 3. The summed E-state index contributed by atoms with van der Waals surface area (Å²) < 4.78 is 0. The van der Waals surface area contributed by atoms with Crippen LogP contribution in [0.3, 0.4) is 0 Å². The SMILES string of the molecule is C=C1CC(C(=O)N[C@H]2CCCC[C@@H]2N2CCCC2)CN1C. The Morgan fingerprint density at radius 3 is 2.57 bits per heavy atom. The summed E-state index contributed by atoms with van der Waals surface area (Å²) >= 11 is 0. The second-order valence-corrected chi connectivity index (χ2v) is 7.06. The maximum absolute atomic E-state index is 12.6. The van der Waals surface area contributed by atoms with E-state index in [1.807, 2.05) is 7.05 Å². The van der Waals surface area contributed by atoms with Gasteiger partial charge in [0.1, 0.15) is 0 Å². The third-order valence-electron chi connectivity index (χ3n) is 5.55. The zero-order valence-electron chi connectivity index (χ0n) is 13.3. The van der Waals surface area contributed by atoms with Crippen LogP contribution < -0.4 is 5.32 Å². The molecule has 0 aromatic carbocycles. The molecule has 3 atom stereocenters. The second kappa shape index (κ2) is 6.39. The summed E-state index contributed by atoms with van der Waals surface area (Å²) in [6.07, 6.45) is 8.44. The fraction of sp³-hybridized carbons (Fsp3) is 0.824. The summed E-state index contributed by atoms with van der Waals surface area (Å²) in [5, 5.41) is 3.38. The lowest BCUT2D eigenvalue weighted by molar-refractivity contribution is -0.126. The first-order chi connectivity index (χ1) is 10.1. The molecule has 2 heterocycles. The van der Waals surface area contributed by atoms with Crippen LogP contribution in [0.4, 0.5) is 0 Å². The van der Waals surface area contributed by atoms with Crippen LogP contribution in [0.1, 0.15) is 44.9 Å². The lowest BCUT2D eigenvalue weighted by Gasteiger charge is -2.38. The number of allylic oxidation sites excluding steroid dienone is 1. The van der Waals surface area contributed by atoms with Crippen molar-refractivity contribution < 1.29 is 4.79 Å². The van der Waals surface area contributed by atoms with E-state index in [2.05, 4.69) is 21.7 Å². The number of amides is 1. The van der Waals surface area contributed by atoms with E-state index in [0.29, 0.717) is 12.1 Å². The van der Waals surface area contributed by atoms with Crippen molar-refractivity contribution in [1.29, 1.82) is 0 Å². The highest BCUT2D eigenvalue weighted by Crippen LogP contribution is 2.28. The Balaban J connectivity index is 1.59. The van der Waals surface area contributed by atoms with Crippen LogP contribution in [0.15, 0.2) is 12.3 Å². The van der Waals surface area contributed by atoms with Crippen LogP contribution in [0.25, 0.3) is 0 Å². The van der Waals surface area contributed by atoms with Gasteiger partial charge in [-0.05, 0) is 45.2 Å². The highest BCUT2D eigenvalue weighted by molar-refractivity contribution is 5.80. The van der Waals surface area contributed by atoms with Crippen molar-refractivity contribution in [1.82, 2.24) is 15.1 Å². The normalized spacial score (nSPS) is 34.4. The van der Waals surface area contributed by atoms with Gasteiger partial charge in [-0.15, -0.1) is 0 Å². The molecule has 2 aliphatic heterocycles. The van der Waals surface area contributed by atoms with Crippen LogP contribution in [0.2, 0.25) is 0 Å². The van der Waals surface area contributed by atoms with Gasteiger partial charge in [0.2, 0.25) is 5.91 Å². The molecule has 2 saturated heterocycles. The molecule has 0 aromatic rings. The van der Waals surface area contributed by atoms with Gasteiger partial charge in [-0.25, -0.2) is 0 Å². The number of nitrogens with zero attached hydrogens (tertiary/aromatic N) is 2. The Bertz CT molecular complexity index is 403. The minimum Gasteiger partial charge on any atom is -0.378 e. The van der Waals surface area contributed by atoms with E-state index < -0.39 is 0 Å². The third kappa shape index (κ3) is 3.25. The minimum absolute atomic E-state index is 0.101. The molecule has 118 valence electrons. The van der Waals surface area contributed by atoms with Gasteiger partial charge in [0, 0.05) is 31.4 Å². The Hall–Kier alpha value is -1.03. The number of carbonyl (C=O) groups excluding carboxylic acids is 1. The Kier molecular flexibility index (Phi) is 4.53. The first kappa shape index (κ1) is 14.9. The molecule has 21 heavy (non-hydrogen) atoms. The predicted molar refractivity (Wildman–Crippen MR) is 84.9 cm³/mol. The van der Waals surface area contributed by atoms with E-state index >= 15 is 0 Å². The maximum Gasteiger partial charge on any atom is 0.225 e. The molecule has 3 aliphatic rings. The second-order valence-electron chi connectivity index (χ2n) is 7.06. The summed E-state index contributed by atoms with van der Waals surface area (Å²) in [7, 11) is 2.03. The van der Waals surface area contributed by atoms with Gasteiger partial charge in [-0.2, -0.15) is 0 Å². The van der Waals surface area contributed by atoms with Crippen LogP contribution in [-0.2, 0) is 4.79 Å². The molecule has 0 spiro atoms. The maximum atomic E-state index is 12.6. The molecule has 1 amide bonds. The fourth-order valence-corrected chi connectivity index (χ4v) is 4.23. The number of hydrogen-bond donors (Lipinski definition) is 1. The molecule has 0 radical (unpaired) electrons. The predicted octanol–water partition coefficient (Wildman–Crippen LogP) is 1.97. The smallest absolute Gasteiger partial charge is 0.225 e. The van der Waals surface area contributed by atoms with E-state index in [9.17, 15) is 4.79 Å². The van der Waals surface area contributed by atoms with Gasteiger partial charge >= 0.3 is 0 Å². The average Bonchev–Trinajstić information content (AvgIpc) is 3.10. The first-order valence-corrected chi connectivity index (χ1v) is 8.58. The molecule has 3 rings (SSSR count). The van der Waals surface area contributed by atoms with Gasteiger partial charge in [0.15, 0.2) is 0 Å². The molecule has 1 N–H and O–H groups in total. The van der Waals surface area contributed by atoms with Gasteiger partial charge in [-0.1, -0.05) is 19.4 Å². The zero-order valence-corrected chi connectivity index (χ0v) is 13.3. The molecular weight excluding hydrogens is 262 g/mol. The zero-order chi connectivity index (χ0) is 14.8. The quantitative estimate of drug-likeness (QED) is 0.863. The molecule has 1 aliphatic carbocycles. The molecule has 1 unspecified atom stereocenters. The van der Waals surface area contributed by atoms with Crippen molar-refractivity contribution >= 4 is 5.91 Å². The van der Waals surface area contributed by atoms with Crippen molar-refractivity contribution in [3.05, 3.63) is 12.3 Å². The minimum atomic E-state index is 0.101. The largest absolute Gasteiger partial charge is 0.378 e. The summed E-state index contributed by atoms with van der Waals surface area (Å²) in [5.41, 5.74) is 1.09. The van der Waals surface area contributed by atoms with Gasteiger partial charge in [-0.3, -0.25) is 9.69 Å². The van der Waals surface area contributed by atoms with Crippen molar-refractivity contribution in [2.45, 2.75) is 57.0 Å². The average molecular weight is 291 g/mol. The van der Waals surface area contributed by atoms with Gasteiger partial charge in [0.25, 0.3) is 0 Å². The molecule has 3 fully saturated rings. The molecule has 0 bridgehead atoms. The number of carbonyl (C=O) groups is 1. The van der Waals surface area contributed by atoms with Gasteiger partial charge < -0.3 is 10.2 Å². The molecule has 1 saturated carbocycles. The standard InChI is InChI=1S/C17H29N3O/c1-13-11-14(12-19(13)2)17(21)18-15-7-3-4-8-16(15)20-9-5-6-10-20/h14-16H,1,3-12H2,2H3,(H,18,21)/t14?,15-,16-/m0/s1. The highest BCUT2D eigenvalue weighted by atomic mass is 16.2. The third-order valence-corrected chi connectivity index (χ3v) is 5.55. The van der Waals surface area contributed by atoms with Gasteiger partial charge in [0.05, 0.1) is 5.92 Å². The summed E-state index contributed by atoms with van der Waals surface area (Å²) in [6, 6.07) is 0.941. The fourth-order valence-electron chi connectivity index (χ4n) is 4.23. The van der Waals surface area contributed by atoms with Crippen molar-refractivity contribution in [3.8, 4) is 0 Å². The Morgan fingerprint density at radius 1 is 1.19 bits per heavy atom. The topological polar surface area (TPSA) is 35.6 Å². The van der Waals surface area contributed by atoms with Crippen molar-refractivity contribution in [3.63, 3.8) is 0 Å². The van der Waals surface area contributed by atoms with Crippen LogP contribution >= 0.6 is 0 Å².